The Bertz CT molecular complexity index is 627. The highest BCUT2D eigenvalue weighted by atomic mass is 16.4. The number of hydrogen-bond donors (Lipinski definition) is 2. The van der Waals surface area contributed by atoms with Crippen LogP contribution < -0.4 is 0 Å². The minimum absolute atomic E-state index is 0.251. The van der Waals surface area contributed by atoms with Gasteiger partial charge < -0.3 is 5.11 Å². The predicted molar refractivity (Wildman–Crippen MR) is 69.9 cm³/mol. The Kier molecular flexibility index (Phi) is 2.95. The normalized spacial score (nSPS) is 10.7. The lowest BCUT2D eigenvalue weighted by Crippen LogP contribution is -2.00. The zero-order valence-electron chi connectivity index (χ0n) is 11.0. The zero-order valence-corrected chi connectivity index (χ0v) is 11.0. The molecular weight excluding hydrogens is 228 g/mol. The van der Waals surface area contributed by atoms with E-state index in [2.05, 4.69) is 16.3 Å². The number of carbonyl (C=O) groups is 1. The van der Waals surface area contributed by atoms with Crippen LogP contribution in [0.4, 0.5) is 0 Å². The fourth-order valence-corrected chi connectivity index (χ4v) is 2.10. The minimum atomic E-state index is -0.950. The van der Waals surface area contributed by atoms with Crippen molar-refractivity contribution in [3.05, 3.63) is 40.1 Å². The molecule has 4 nitrogen and oxygen atoms in total. The third-order valence-corrected chi connectivity index (χ3v) is 3.26. The maximum Gasteiger partial charge on any atom is 0.339 e. The Labute approximate surface area is 106 Å². The fourth-order valence-electron chi connectivity index (χ4n) is 2.10. The predicted octanol–water partition coefficient (Wildman–Crippen LogP) is 3.01. The van der Waals surface area contributed by atoms with Crippen LogP contribution in [0.25, 0.3) is 11.3 Å². The van der Waals surface area contributed by atoms with E-state index in [0.717, 1.165) is 16.7 Å². The van der Waals surface area contributed by atoms with E-state index in [1.165, 1.54) is 5.56 Å². The van der Waals surface area contributed by atoms with Crippen LogP contribution in [0.3, 0.4) is 0 Å². The lowest BCUT2D eigenvalue weighted by atomic mass is 9.96. The molecular formula is C14H16N2O2. The van der Waals surface area contributed by atoms with E-state index < -0.39 is 5.97 Å². The van der Waals surface area contributed by atoms with Gasteiger partial charge in [0.15, 0.2) is 0 Å². The quantitative estimate of drug-likeness (QED) is 0.853. The molecule has 1 aromatic carbocycles. The topological polar surface area (TPSA) is 66.0 Å². The van der Waals surface area contributed by atoms with Crippen molar-refractivity contribution in [1.82, 2.24) is 10.2 Å². The molecule has 0 atom stereocenters. The number of aromatic nitrogens is 2. The molecule has 0 aliphatic carbocycles. The van der Waals surface area contributed by atoms with Crippen molar-refractivity contribution in [3.8, 4) is 11.3 Å². The Morgan fingerprint density at radius 3 is 2.33 bits per heavy atom. The van der Waals surface area contributed by atoms with Gasteiger partial charge in [0.1, 0.15) is 11.3 Å². The summed E-state index contributed by atoms with van der Waals surface area (Å²) in [4.78, 5) is 11.3. The molecule has 0 aliphatic rings. The number of carboxylic acid groups (broad SMARTS) is 1. The number of H-pyrrole nitrogens is 1. The summed E-state index contributed by atoms with van der Waals surface area (Å²) in [6.07, 6.45) is 0. The van der Waals surface area contributed by atoms with E-state index in [0.29, 0.717) is 11.4 Å². The molecule has 0 amide bonds. The lowest BCUT2D eigenvalue weighted by molar-refractivity contribution is 0.0697. The van der Waals surface area contributed by atoms with Crippen molar-refractivity contribution in [2.45, 2.75) is 27.7 Å². The van der Waals surface area contributed by atoms with Gasteiger partial charge in [-0.2, -0.15) is 5.10 Å². The van der Waals surface area contributed by atoms with Gasteiger partial charge in [-0.3, -0.25) is 5.10 Å². The summed E-state index contributed by atoms with van der Waals surface area (Å²) in [5, 5.41) is 16.1. The number of nitrogens with zero attached hydrogens (tertiary/aromatic N) is 1. The maximum atomic E-state index is 11.3. The highest BCUT2D eigenvalue weighted by Crippen LogP contribution is 2.28. The number of rotatable bonds is 2. The van der Waals surface area contributed by atoms with Crippen molar-refractivity contribution < 1.29 is 9.90 Å². The Balaban J connectivity index is 2.70. The molecule has 94 valence electrons. The second-order valence-electron chi connectivity index (χ2n) is 4.63. The van der Waals surface area contributed by atoms with Crippen LogP contribution in [0.2, 0.25) is 0 Å². The van der Waals surface area contributed by atoms with Crippen LogP contribution in [0.5, 0.6) is 0 Å². The second-order valence-corrected chi connectivity index (χ2v) is 4.63. The van der Waals surface area contributed by atoms with Crippen molar-refractivity contribution in [1.29, 1.82) is 0 Å². The van der Waals surface area contributed by atoms with Gasteiger partial charge in [-0.15, -0.1) is 0 Å². The summed E-state index contributed by atoms with van der Waals surface area (Å²) in [6, 6.07) is 4.05. The molecule has 0 spiro atoms. The molecule has 1 heterocycles. The fraction of sp³-hybridized carbons (Fsp3) is 0.286. The standard InChI is InChI=1S/C14H16N2O2/c1-7-5-9(3)11(6-8(7)2)13-12(14(17)18)10(4)15-16-13/h5-6H,1-4H3,(H,15,16)(H,17,18). The monoisotopic (exact) mass is 244 g/mol. The van der Waals surface area contributed by atoms with Crippen molar-refractivity contribution in [2.75, 3.05) is 0 Å². The van der Waals surface area contributed by atoms with Crippen LogP contribution in [0, 0.1) is 27.7 Å². The molecule has 2 N–H and O–H groups in total. The zero-order chi connectivity index (χ0) is 13.4. The Morgan fingerprint density at radius 1 is 1.11 bits per heavy atom. The molecule has 0 bridgehead atoms. The second kappa shape index (κ2) is 4.29. The van der Waals surface area contributed by atoms with E-state index in [9.17, 15) is 9.90 Å². The molecule has 2 rings (SSSR count). The summed E-state index contributed by atoms with van der Waals surface area (Å²) in [5.74, 6) is -0.950. The summed E-state index contributed by atoms with van der Waals surface area (Å²) in [5.41, 5.74) is 5.58. The molecule has 18 heavy (non-hydrogen) atoms. The first-order chi connectivity index (χ1) is 8.41. The van der Waals surface area contributed by atoms with Crippen molar-refractivity contribution >= 4 is 5.97 Å². The number of aryl methyl sites for hydroxylation is 4. The van der Waals surface area contributed by atoms with E-state index in [-0.39, 0.29) is 5.56 Å². The molecule has 0 aliphatic heterocycles. The molecule has 0 saturated carbocycles. The molecule has 0 radical (unpaired) electrons. The molecule has 1 aromatic heterocycles. The maximum absolute atomic E-state index is 11.3. The van der Waals surface area contributed by atoms with Gasteiger partial charge in [-0.25, -0.2) is 4.79 Å². The smallest absolute Gasteiger partial charge is 0.339 e. The van der Waals surface area contributed by atoms with Gasteiger partial charge in [0, 0.05) is 11.3 Å². The van der Waals surface area contributed by atoms with Crippen LogP contribution in [-0.2, 0) is 0 Å². The first-order valence-electron chi connectivity index (χ1n) is 5.78. The number of hydrogen-bond acceptors (Lipinski definition) is 2. The lowest BCUT2D eigenvalue weighted by Gasteiger charge is -2.08. The summed E-state index contributed by atoms with van der Waals surface area (Å²) in [6.45, 7) is 7.74. The van der Waals surface area contributed by atoms with Gasteiger partial charge in [-0.1, -0.05) is 6.07 Å². The SMILES string of the molecule is Cc1cc(C)c(-c2n[nH]c(C)c2C(=O)O)cc1C. The third-order valence-electron chi connectivity index (χ3n) is 3.26. The van der Waals surface area contributed by atoms with Crippen LogP contribution in [0.15, 0.2) is 12.1 Å². The molecule has 0 unspecified atom stereocenters. The van der Waals surface area contributed by atoms with Gasteiger partial charge in [0.05, 0.1) is 0 Å². The van der Waals surface area contributed by atoms with Gasteiger partial charge in [0.25, 0.3) is 0 Å². The number of benzene rings is 1. The minimum Gasteiger partial charge on any atom is -0.478 e. The average molecular weight is 244 g/mol. The van der Waals surface area contributed by atoms with Crippen molar-refractivity contribution in [3.63, 3.8) is 0 Å². The van der Waals surface area contributed by atoms with Crippen LogP contribution in [0.1, 0.15) is 32.7 Å². The highest BCUT2D eigenvalue weighted by Gasteiger charge is 2.20. The molecule has 4 heteroatoms. The molecule has 0 saturated heterocycles. The summed E-state index contributed by atoms with van der Waals surface area (Å²) < 4.78 is 0. The number of carboxylic acids is 1. The first-order valence-corrected chi connectivity index (χ1v) is 5.78. The number of aromatic amines is 1. The van der Waals surface area contributed by atoms with Gasteiger partial charge in [0.2, 0.25) is 0 Å². The van der Waals surface area contributed by atoms with Crippen molar-refractivity contribution in [2.24, 2.45) is 0 Å². The molecule has 2 aromatic rings. The van der Waals surface area contributed by atoms with Gasteiger partial charge in [-0.05, 0) is 50.5 Å². The largest absolute Gasteiger partial charge is 0.478 e. The summed E-state index contributed by atoms with van der Waals surface area (Å²) >= 11 is 0. The number of nitrogens with one attached hydrogen (secondary N) is 1. The summed E-state index contributed by atoms with van der Waals surface area (Å²) in [7, 11) is 0. The highest BCUT2D eigenvalue weighted by molar-refractivity contribution is 5.96. The Hall–Kier alpha value is -2.10. The van der Waals surface area contributed by atoms with Crippen LogP contribution in [-0.4, -0.2) is 21.3 Å². The third kappa shape index (κ3) is 1.90. The van der Waals surface area contributed by atoms with E-state index in [1.807, 2.05) is 26.8 Å². The average Bonchev–Trinajstić information content (AvgIpc) is 2.65. The van der Waals surface area contributed by atoms with Crippen LogP contribution >= 0.6 is 0 Å². The van der Waals surface area contributed by atoms with E-state index in [4.69, 9.17) is 0 Å². The Morgan fingerprint density at radius 2 is 1.72 bits per heavy atom. The first kappa shape index (κ1) is 12.4. The molecule has 0 fully saturated rings. The van der Waals surface area contributed by atoms with E-state index in [1.54, 1.807) is 6.92 Å². The van der Waals surface area contributed by atoms with Gasteiger partial charge >= 0.3 is 5.97 Å². The number of aromatic carboxylic acids is 1. The van der Waals surface area contributed by atoms with E-state index >= 15 is 0 Å².